The quantitative estimate of drug-likeness (QED) is 0.192. The fourth-order valence-electron chi connectivity index (χ4n) is 7.92. The highest BCUT2D eigenvalue weighted by Crippen LogP contribution is 2.51. The van der Waals surface area contributed by atoms with Gasteiger partial charge in [-0.2, -0.15) is 0 Å². The summed E-state index contributed by atoms with van der Waals surface area (Å²) >= 11 is 1.86. The summed E-state index contributed by atoms with van der Waals surface area (Å²) in [6, 6.07) is 56.1. The molecule has 0 saturated carbocycles. The lowest BCUT2D eigenvalue weighted by molar-refractivity contribution is 1.02. The van der Waals surface area contributed by atoms with Gasteiger partial charge in [-0.05, 0) is 36.4 Å². The van der Waals surface area contributed by atoms with E-state index in [1.807, 2.05) is 11.3 Å². The average molecular weight is 643 g/mol. The lowest BCUT2D eigenvalue weighted by atomic mass is 10.0. The van der Waals surface area contributed by atoms with Crippen molar-refractivity contribution in [3.8, 4) is 22.9 Å². The van der Waals surface area contributed by atoms with Gasteiger partial charge in [0.05, 0.1) is 38.0 Å². The molecule has 0 atom stereocenters. The molecule has 7 aromatic carbocycles. The van der Waals surface area contributed by atoms with E-state index >= 15 is 0 Å². The molecule has 4 aromatic heterocycles. The lowest BCUT2D eigenvalue weighted by Crippen LogP contribution is -2.03. The lowest BCUT2D eigenvalue weighted by Gasteiger charge is -2.13. The van der Waals surface area contributed by atoms with E-state index in [-0.39, 0.29) is 0 Å². The summed E-state index contributed by atoms with van der Waals surface area (Å²) in [7, 11) is 0. The second kappa shape index (κ2) is 10.1. The molecule has 0 spiro atoms. The van der Waals surface area contributed by atoms with Gasteiger partial charge in [0.1, 0.15) is 0 Å². The predicted octanol–water partition coefficient (Wildman–Crippen LogP) is 11.9. The Hall–Kier alpha value is -6.30. The highest BCUT2D eigenvalue weighted by atomic mass is 32.1. The van der Waals surface area contributed by atoms with Gasteiger partial charge in [-0.15, -0.1) is 11.3 Å². The third-order valence-corrected chi connectivity index (χ3v) is 11.1. The first-order valence-electron chi connectivity index (χ1n) is 16.5. The topological polar surface area (TPSA) is 35.6 Å². The number of fused-ring (bicyclic) bond motifs is 13. The summed E-state index contributed by atoms with van der Waals surface area (Å²) in [5.41, 5.74) is 8.68. The Morgan fingerprint density at radius 2 is 1.02 bits per heavy atom. The van der Waals surface area contributed by atoms with Crippen LogP contribution in [0.25, 0.3) is 97.6 Å². The second-order valence-electron chi connectivity index (χ2n) is 12.5. The minimum Gasteiger partial charge on any atom is -0.309 e. The number of benzene rings is 7. The van der Waals surface area contributed by atoms with Crippen molar-refractivity contribution in [1.82, 2.24) is 19.1 Å². The van der Waals surface area contributed by atoms with Crippen LogP contribution in [0.2, 0.25) is 0 Å². The first-order valence-corrected chi connectivity index (χ1v) is 17.3. The molecule has 4 heterocycles. The molecular weight excluding hydrogens is 617 g/mol. The van der Waals surface area contributed by atoms with E-state index in [0.29, 0.717) is 5.95 Å². The second-order valence-corrected chi connectivity index (χ2v) is 13.6. The first kappa shape index (κ1) is 26.7. The molecular formula is C44H26N4S. The molecule has 0 aliphatic rings. The van der Waals surface area contributed by atoms with E-state index in [1.165, 1.54) is 52.8 Å². The van der Waals surface area contributed by atoms with Crippen molar-refractivity contribution in [2.75, 3.05) is 0 Å². The van der Waals surface area contributed by atoms with Gasteiger partial charge in [-0.25, -0.2) is 9.97 Å². The number of hydrogen-bond acceptors (Lipinski definition) is 3. The summed E-state index contributed by atoms with van der Waals surface area (Å²) in [5, 5.41) is 8.52. The highest BCUT2D eigenvalue weighted by Gasteiger charge is 2.27. The predicted molar refractivity (Wildman–Crippen MR) is 207 cm³/mol. The smallest absolute Gasteiger partial charge is 0.235 e. The number of aromatic nitrogens is 4. The van der Waals surface area contributed by atoms with Crippen LogP contribution in [0.4, 0.5) is 0 Å². The van der Waals surface area contributed by atoms with Gasteiger partial charge in [-0.1, -0.05) is 121 Å². The SMILES string of the molecule is c1ccc(-c2nc(-n3c4ccccc4c4c3c3sc5ccccc5c3c3c5ccccc5n(-c5ccccc5)c34)nc3ccccc23)cc1. The van der Waals surface area contributed by atoms with Crippen molar-refractivity contribution < 1.29 is 0 Å². The maximum Gasteiger partial charge on any atom is 0.235 e. The van der Waals surface area contributed by atoms with Crippen LogP contribution in [0.1, 0.15) is 0 Å². The third-order valence-electron chi connectivity index (χ3n) is 9.90. The fraction of sp³-hybridized carbons (Fsp3) is 0. The van der Waals surface area contributed by atoms with Crippen LogP contribution < -0.4 is 0 Å². The average Bonchev–Trinajstić information content (AvgIpc) is 3.83. The van der Waals surface area contributed by atoms with E-state index in [4.69, 9.17) is 9.97 Å². The zero-order valence-electron chi connectivity index (χ0n) is 26.2. The zero-order chi connectivity index (χ0) is 32.1. The number of rotatable bonds is 3. The molecule has 4 nitrogen and oxygen atoms in total. The summed E-state index contributed by atoms with van der Waals surface area (Å²) in [6.45, 7) is 0. The Kier molecular flexibility index (Phi) is 5.51. The summed E-state index contributed by atoms with van der Waals surface area (Å²) < 4.78 is 7.30. The molecule has 0 N–H and O–H groups in total. The number of para-hydroxylation sites is 4. The fourth-order valence-corrected chi connectivity index (χ4v) is 9.17. The van der Waals surface area contributed by atoms with Gasteiger partial charge < -0.3 is 4.57 Å². The maximum absolute atomic E-state index is 5.43. The monoisotopic (exact) mass is 642 g/mol. The first-order chi connectivity index (χ1) is 24.3. The summed E-state index contributed by atoms with van der Waals surface area (Å²) in [6.07, 6.45) is 0. The molecule has 0 radical (unpaired) electrons. The number of nitrogens with zero attached hydrogens (tertiary/aromatic N) is 4. The summed E-state index contributed by atoms with van der Waals surface area (Å²) in [5.74, 6) is 0.671. The van der Waals surface area contributed by atoms with Crippen LogP contribution >= 0.6 is 11.3 Å². The molecule has 0 bridgehead atoms. The zero-order valence-corrected chi connectivity index (χ0v) is 27.0. The van der Waals surface area contributed by atoms with Crippen molar-refractivity contribution in [3.63, 3.8) is 0 Å². The Bertz CT molecular complexity index is 3100. The highest BCUT2D eigenvalue weighted by molar-refractivity contribution is 7.27. The molecule has 228 valence electrons. The molecule has 0 amide bonds. The maximum atomic E-state index is 5.43. The number of thiophene rings is 1. The Morgan fingerprint density at radius 1 is 0.429 bits per heavy atom. The van der Waals surface area contributed by atoms with Crippen molar-refractivity contribution >= 4 is 86.0 Å². The van der Waals surface area contributed by atoms with Gasteiger partial charge in [-0.3, -0.25) is 4.57 Å². The Morgan fingerprint density at radius 3 is 1.80 bits per heavy atom. The van der Waals surface area contributed by atoms with Crippen molar-refractivity contribution in [3.05, 3.63) is 158 Å². The van der Waals surface area contributed by atoms with Crippen LogP contribution in [0.5, 0.6) is 0 Å². The van der Waals surface area contributed by atoms with E-state index in [1.54, 1.807) is 0 Å². The van der Waals surface area contributed by atoms with Crippen LogP contribution in [-0.2, 0) is 0 Å². The molecule has 0 aliphatic heterocycles. The summed E-state index contributed by atoms with van der Waals surface area (Å²) in [4.78, 5) is 10.7. The van der Waals surface area contributed by atoms with E-state index < -0.39 is 0 Å². The Labute approximate surface area is 284 Å². The van der Waals surface area contributed by atoms with Gasteiger partial charge in [0.15, 0.2) is 0 Å². The van der Waals surface area contributed by atoms with Crippen molar-refractivity contribution in [1.29, 1.82) is 0 Å². The molecule has 0 saturated heterocycles. The van der Waals surface area contributed by atoms with Crippen LogP contribution in [0.3, 0.4) is 0 Å². The van der Waals surface area contributed by atoms with Gasteiger partial charge in [0, 0.05) is 53.7 Å². The minimum atomic E-state index is 0.671. The molecule has 49 heavy (non-hydrogen) atoms. The number of hydrogen-bond donors (Lipinski definition) is 0. The molecule has 11 rings (SSSR count). The minimum absolute atomic E-state index is 0.671. The van der Waals surface area contributed by atoms with Crippen molar-refractivity contribution in [2.45, 2.75) is 0 Å². The van der Waals surface area contributed by atoms with Gasteiger partial charge >= 0.3 is 0 Å². The van der Waals surface area contributed by atoms with Crippen LogP contribution in [0, 0.1) is 0 Å². The normalized spacial score (nSPS) is 12.1. The third kappa shape index (κ3) is 3.68. The molecule has 5 heteroatoms. The van der Waals surface area contributed by atoms with Crippen LogP contribution in [0.15, 0.2) is 158 Å². The Balaban J connectivity index is 1.43. The van der Waals surface area contributed by atoms with E-state index in [9.17, 15) is 0 Å². The van der Waals surface area contributed by atoms with Crippen LogP contribution in [-0.4, -0.2) is 19.1 Å². The molecule has 11 aromatic rings. The molecule has 0 fully saturated rings. The van der Waals surface area contributed by atoms with Crippen molar-refractivity contribution in [2.24, 2.45) is 0 Å². The van der Waals surface area contributed by atoms with E-state index in [0.717, 1.165) is 38.9 Å². The van der Waals surface area contributed by atoms with Gasteiger partial charge in [0.2, 0.25) is 5.95 Å². The largest absolute Gasteiger partial charge is 0.309 e. The van der Waals surface area contributed by atoms with Gasteiger partial charge in [0.25, 0.3) is 0 Å². The standard InChI is InChI=1S/C44H26N4S/c1-3-15-27(16-4-1)40-29-19-7-11-23-33(29)45-44(46-40)48-35-25-13-9-21-31(35)39-41-37(38-32-22-10-14-26-36(32)49-43(38)42(39)48)30-20-8-12-24-34(30)47(41)28-17-5-2-6-18-28/h1-26H. The molecule has 0 aliphatic carbocycles. The van der Waals surface area contributed by atoms with E-state index in [2.05, 4.69) is 167 Å². The molecule has 0 unspecified atom stereocenters.